The first kappa shape index (κ1) is 19.7. The van der Waals surface area contributed by atoms with E-state index in [4.69, 9.17) is 0 Å². The molecule has 3 N–H and O–H groups in total. The number of pyridine rings is 1. The Balaban J connectivity index is 1.62. The first-order chi connectivity index (χ1) is 14.9. The molecule has 2 saturated carbocycles. The maximum absolute atomic E-state index is 12.2. The average molecular weight is 423 g/mol. The number of aliphatic hydroxyl groups is 1. The van der Waals surface area contributed by atoms with Crippen LogP contribution >= 0.6 is 0 Å². The number of carbonyl (C=O) groups excluding carboxylic acids is 1. The van der Waals surface area contributed by atoms with Crippen molar-refractivity contribution in [3.05, 3.63) is 52.2 Å². The molecule has 2 aliphatic carbocycles. The summed E-state index contributed by atoms with van der Waals surface area (Å²) < 4.78 is 3.68. The highest BCUT2D eigenvalue weighted by Gasteiger charge is 2.62. The van der Waals surface area contributed by atoms with Crippen molar-refractivity contribution in [2.24, 2.45) is 17.8 Å². The first-order valence-corrected chi connectivity index (χ1v) is 10.5. The highest BCUT2D eigenvalue weighted by atomic mass is 16.3. The summed E-state index contributed by atoms with van der Waals surface area (Å²) in [5.41, 5.74) is 0.474. The molecule has 2 aliphatic rings. The van der Waals surface area contributed by atoms with E-state index in [1.165, 1.54) is 17.9 Å². The molecule has 3 aromatic heterocycles. The molecular formula is C22H25N5O4. The fourth-order valence-corrected chi connectivity index (χ4v) is 5.52. The molecule has 0 radical (unpaired) electrons. The third-order valence-electron chi connectivity index (χ3n) is 7.07. The molecule has 0 bridgehead atoms. The third-order valence-corrected chi connectivity index (χ3v) is 7.07. The number of aliphatic hydroxyl groups excluding tert-OH is 1. The van der Waals surface area contributed by atoms with E-state index in [1.54, 1.807) is 6.20 Å². The van der Waals surface area contributed by atoms with Gasteiger partial charge in [-0.05, 0) is 55.2 Å². The maximum Gasteiger partial charge on any atom is 0.275 e. The standard InChI is InChI=1S/C22H25N5O4/c1-12-8-27(20-13(12)4-3-5-24-20)22(6-14-15(7-22)16(14)10-28)11-26-9-17(29)19(30)18(25-26)21(31)23-2/h3-5,8-9,14-16,28-29H,6-7,10-11H2,1-2H3,(H,23,31)/t14-,15+,16?,22?. The quantitative estimate of drug-likeness (QED) is 0.563. The number of fused-ring (bicyclic) bond motifs is 2. The van der Waals surface area contributed by atoms with E-state index in [-0.39, 0.29) is 12.3 Å². The number of carbonyl (C=O) groups is 1. The number of hydrogen-bond acceptors (Lipinski definition) is 6. The van der Waals surface area contributed by atoms with Crippen molar-refractivity contribution in [1.29, 1.82) is 0 Å². The molecular weight excluding hydrogens is 398 g/mol. The molecule has 0 saturated heterocycles. The van der Waals surface area contributed by atoms with Crippen LogP contribution in [-0.4, -0.2) is 49.1 Å². The second-order valence-electron chi connectivity index (χ2n) is 8.83. The second kappa shape index (κ2) is 6.91. The zero-order valence-electron chi connectivity index (χ0n) is 17.4. The normalized spacial score (nSPS) is 26.7. The van der Waals surface area contributed by atoms with Crippen LogP contribution in [0.3, 0.4) is 0 Å². The largest absolute Gasteiger partial charge is 0.503 e. The molecule has 9 heteroatoms. The van der Waals surface area contributed by atoms with Crippen LogP contribution in [0.5, 0.6) is 5.75 Å². The smallest absolute Gasteiger partial charge is 0.275 e. The Morgan fingerprint density at radius 3 is 2.74 bits per heavy atom. The van der Waals surface area contributed by atoms with Crippen molar-refractivity contribution in [2.45, 2.75) is 31.8 Å². The van der Waals surface area contributed by atoms with Crippen molar-refractivity contribution < 1.29 is 15.0 Å². The number of nitrogens with one attached hydrogen (secondary N) is 1. The molecule has 0 spiro atoms. The number of hydrogen-bond donors (Lipinski definition) is 3. The Morgan fingerprint density at radius 1 is 1.32 bits per heavy atom. The summed E-state index contributed by atoms with van der Waals surface area (Å²) in [7, 11) is 1.42. The molecule has 31 heavy (non-hydrogen) atoms. The van der Waals surface area contributed by atoms with Crippen LogP contribution in [0, 0.1) is 24.7 Å². The van der Waals surface area contributed by atoms with Crippen molar-refractivity contribution >= 4 is 16.9 Å². The number of nitrogens with zero attached hydrogens (tertiary/aromatic N) is 4. The average Bonchev–Trinajstić information content (AvgIpc) is 3.08. The summed E-state index contributed by atoms with van der Waals surface area (Å²) in [5.74, 6) is 0.00517. The molecule has 162 valence electrons. The minimum absolute atomic E-state index is 0.187. The highest BCUT2D eigenvalue weighted by Crippen LogP contribution is 2.63. The van der Waals surface area contributed by atoms with Crippen LogP contribution in [0.25, 0.3) is 11.0 Å². The number of aromatic nitrogens is 4. The van der Waals surface area contributed by atoms with Gasteiger partial charge in [0.05, 0.1) is 18.3 Å². The van der Waals surface area contributed by atoms with Crippen LogP contribution in [0.15, 0.2) is 35.5 Å². The summed E-state index contributed by atoms with van der Waals surface area (Å²) in [6.07, 6.45) is 6.80. The Hall–Kier alpha value is -3.20. The second-order valence-corrected chi connectivity index (χ2v) is 8.83. The van der Waals surface area contributed by atoms with E-state index in [2.05, 4.69) is 26.2 Å². The lowest BCUT2D eigenvalue weighted by Crippen LogP contribution is -2.39. The monoisotopic (exact) mass is 423 g/mol. The van der Waals surface area contributed by atoms with E-state index >= 15 is 0 Å². The zero-order chi connectivity index (χ0) is 21.9. The molecule has 0 aliphatic heterocycles. The molecule has 5 rings (SSSR count). The van der Waals surface area contributed by atoms with Gasteiger partial charge in [-0.3, -0.25) is 14.3 Å². The van der Waals surface area contributed by atoms with Gasteiger partial charge in [-0.25, -0.2) is 4.98 Å². The number of rotatable bonds is 5. The molecule has 2 fully saturated rings. The Labute approximate surface area is 178 Å². The van der Waals surface area contributed by atoms with Crippen LogP contribution in [0.1, 0.15) is 28.9 Å². The van der Waals surface area contributed by atoms with Gasteiger partial charge in [-0.2, -0.15) is 5.10 Å². The maximum atomic E-state index is 12.2. The van der Waals surface area contributed by atoms with E-state index in [0.29, 0.717) is 24.3 Å². The lowest BCUT2D eigenvalue weighted by Gasteiger charge is -2.34. The van der Waals surface area contributed by atoms with E-state index < -0.39 is 22.6 Å². The predicted molar refractivity (Wildman–Crippen MR) is 113 cm³/mol. The first-order valence-electron chi connectivity index (χ1n) is 10.5. The zero-order valence-corrected chi connectivity index (χ0v) is 17.4. The van der Waals surface area contributed by atoms with Crippen molar-refractivity contribution in [3.63, 3.8) is 0 Å². The van der Waals surface area contributed by atoms with Crippen molar-refractivity contribution in [1.82, 2.24) is 24.6 Å². The van der Waals surface area contributed by atoms with Gasteiger partial charge in [0.1, 0.15) is 5.65 Å². The highest BCUT2D eigenvalue weighted by molar-refractivity contribution is 5.92. The van der Waals surface area contributed by atoms with Gasteiger partial charge in [0.25, 0.3) is 11.3 Å². The van der Waals surface area contributed by atoms with Gasteiger partial charge in [0.15, 0.2) is 11.4 Å². The van der Waals surface area contributed by atoms with Gasteiger partial charge in [0.2, 0.25) is 0 Å². The Bertz CT molecular complexity index is 1230. The third kappa shape index (κ3) is 2.95. The summed E-state index contributed by atoms with van der Waals surface area (Å²) >= 11 is 0. The molecule has 3 aromatic rings. The molecule has 1 amide bonds. The van der Waals surface area contributed by atoms with Crippen molar-refractivity contribution in [2.75, 3.05) is 13.7 Å². The fourth-order valence-electron chi connectivity index (χ4n) is 5.52. The number of aromatic hydroxyl groups is 1. The van der Waals surface area contributed by atoms with E-state index in [9.17, 15) is 19.8 Å². The minimum Gasteiger partial charge on any atom is -0.503 e. The molecule has 0 aromatic carbocycles. The Morgan fingerprint density at radius 2 is 2.06 bits per heavy atom. The van der Waals surface area contributed by atoms with Gasteiger partial charge >= 0.3 is 0 Å². The van der Waals surface area contributed by atoms with Gasteiger partial charge in [-0.15, -0.1) is 0 Å². The van der Waals surface area contributed by atoms with Gasteiger partial charge in [0, 0.05) is 31.4 Å². The lowest BCUT2D eigenvalue weighted by molar-refractivity contribution is 0.0951. The van der Waals surface area contributed by atoms with Crippen LogP contribution < -0.4 is 10.7 Å². The summed E-state index contributed by atoms with van der Waals surface area (Å²) in [6, 6.07) is 3.96. The predicted octanol–water partition coefficient (Wildman–Crippen LogP) is 1.01. The number of aryl methyl sites for hydroxylation is 1. The van der Waals surface area contributed by atoms with Crippen molar-refractivity contribution in [3.8, 4) is 5.75 Å². The fraction of sp³-hybridized carbons (Fsp3) is 0.455. The SMILES string of the molecule is CNC(=O)c1nn(CC2(n3cc(C)c4cccnc43)C[C@@H]3C(CO)[C@@H]3C2)cc(O)c1=O. The minimum atomic E-state index is -0.789. The van der Waals surface area contributed by atoms with Crippen LogP contribution in [0.2, 0.25) is 0 Å². The Kier molecular flexibility index (Phi) is 4.40. The van der Waals surface area contributed by atoms with Crippen LogP contribution in [-0.2, 0) is 12.1 Å². The lowest BCUT2D eigenvalue weighted by atomic mass is 9.90. The summed E-state index contributed by atoms with van der Waals surface area (Å²) in [5, 5.41) is 27.5. The number of amides is 1. The van der Waals surface area contributed by atoms with Crippen LogP contribution in [0.4, 0.5) is 0 Å². The summed E-state index contributed by atoms with van der Waals surface area (Å²) in [4.78, 5) is 28.9. The van der Waals surface area contributed by atoms with Gasteiger partial charge < -0.3 is 20.1 Å². The summed E-state index contributed by atoms with van der Waals surface area (Å²) in [6.45, 7) is 2.61. The topological polar surface area (TPSA) is 122 Å². The molecule has 4 atom stereocenters. The van der Waals surface area contributed by atoms with Gasteiger partial charge in [-0.1, -0.05) is 0 Å². The molecule has 2 unspecified atom stereocenters. The molecule has 3 heterocycles. The van der Waals surface area contributed by atoms with E-state index in [1.807, 2.05) is 19.1 Å². The molecule has 9 nitrogen and oxygen atoms in total. The van der Waals surface area contributed by atoms with E-state index in [0.717, 1.165) is 29.4 Å².